The summed E-state index contributed by atoms with van der Waals surface area (Å²) in [5.41, 5.74) is 6.53. The zero-order valence-electron chi connectivity index (χ0n) is 16.6. The van der Waals surface area contributed by atoms with Crippen molar-refractivity contribution in [3.05, 3.63) is 77.9 Å². The fraction of sp³-hybridized carbons (Fsp3) is 0.333. The standard InChI is InChI=1S/C20H22.2C2H6/c1-4-16(2)10-11-17(3)18-12-14-20(15-13-18)19-8-6-5-7-9-19;2*1-2/h5-15H,4H2,1-3H3;2*1-2H3/b16-10-,17-11+;;. The van der Waals surface area contributed by atoms with E-state index in [0.717, 1.165) is 6.42 Å². The van der Waals surface area contributed by atoms with Crippen molar-refractivity contribution in [1.29, 1.82) is 0 Å². The summed E-state index contributed by atoms with van der Waals surface area (Å²) in [6.45, 7) is 14.5. The second-order valence-electron chi connectivity index (χ2n) is 5.16. The molecule has 0 bridgehead atoms. The Labute approximate surface area is 150 Å². The molecule has 0 spiro atoms. The summed E-state index contributed by atoms with van der Waals surface area (Å²) in [6.07, 6.45) is 5.52. The first-order valence-corrected chi connectivity index (χ1v) is 9.20. The molecule has 0 unspecified atom stereocenters. The highest BCUT2D eigenvalue weighted by molar-refractivity contribution is 5.70. The Morgan fingerprint density at radius 3 is 1.71 bits per heavy atom. The number of allylic oxidation sites excluding steroid dienone is 4. The zero-order chi connectivity index (χ0) is 18.4. The lowest BCUT2D eigenvalue weighted by Crippen LogP contribution is -1.81. The van der Waals surface area contributed by atoms with E-state index < -0.39 is 0 Å². The van der Waals surface area contributed by atoms with Crippen molar-refractivity contribution in [2.45, 2.75) is 54.9 Å². The van der Waals surface area contributed by atoms with Gasteiger partial charge < -0.3 is 0 Å². The van der Waals surface area contributed by atoms with Gasteiger partial charge in [-0.25, -0.2) is 0 Å². The summed E-state index contributed by atoms with van der Waals surface area (Å²) in [5.74, 6) is 0. The van der Waals surface area contributed by atoms with Crippen LogP contribution in [0.3, 0.4) is 0 Å². The first kappa shape index (κ1) is 21.9. The average Bonchev–Trinajstić information content (AvgIpc) is 2.69. The van der Waals surface area contributed by atoms with Crippen molar-refractivity contribution >= 4 is 5.57 Å². The molecule has 0 aliphatic carbocycles. The van der Waals surface area contributed by atoms with Crippen LogP contribution in [0.2, 0.25) is 0 Å². The molecule has 0 radical (unpaired) electrons. The van der Waals surface area contributed by atoms with E-state index in [4.69, 9.17) is 0 Å². The molecule has 130 valence electrons. The molecule has 0 N–H and O–H groups in total. The van der Waals surface area contributed by atoms with Gasteiger partial charge in [-0.05, 0) is 42.5 Å². The van der Waals surface area contributed by atoms with E-state index in [1.165, 1.54) is 27.8 Å². The molecule has 0 aliphatic heterocycles. The van der Waals surface area contributed by atoms with Gasteiger partial charge in [0.15, 0.2) is 0 Å². The van der Waals surface area contributed by atoms with Crippen LogP contribution in [0.25, 0.3) is 16.7 Å². The van der Waals surface area contributed by atoms with E-state index in [-0.39, 0.29) is 0 Å². The molecule has 24 heavy (non-hydrogen) atoms. The largest absolute Gasteiger partial charge is 0.0736 e. The smallest absolute Gasteiger partial charge is 0.0184 e. The van der Waals surface area contributed by atoms with Crippen molar-refractivity contribution < 1.29 is 0 Å². The minimum absolute atomic E-state index is 1.11. The van der Waals surface area contributed by atoms with Gasteiger partial charge in [0.2, 0.25) is 0 Å². The molecule has 2 aromatic rings. The van der Waals surface area contributed by atoms with E-state index in [9.17, 15) is 0 Å². The molecule has 2 aromatic carbocycles. The highest BCUT2D eigenvalue weighted by Crippen LogP contribution is 2.22. The topological polar surface area (TPSA) is 0 Å². The fourth-order valence-electron chi connectivity index (χ4n) is 2.04. The Morgan fingerprint density at radius 2 is 1.21 bits per heavy atom. The summed E-state index contributed by atoms with van der Waals surface area (Å²) in [7, 11) is 0. The summed E-state index contributed by atoms with van der Waals surface area (Å²) in [6, 6.07) is 19.3. The monoisotopic (exact) mass is 322 g/mol. The van der Waals surface area contributed by atoms with E-state index >= 15 is 0 Å². The van der Waals surface area contributed by atoms with Crippen LogP contribution < -0.4 is 0 Å². The molecule has 0 fully saturated rings. The van der Waals surface area contributed by atoms with Gasteiger partial charge in [0.25, 0.3) is 0 Å². The van der Waals surface area contributed by atoms with Gasteiger partial charge in [0, 0.05) is 0 Å². The number of benzene rings is 2. The van der Waals surface area contributed by atoms with Crippen molar-refractivity contribution in [3.8, 4) is 11.1 Å². The predicted molar refractivity (Wildman–Crippen MR) is 112 cm³/mol. The SMILES string of the molecule is CC.CC.CC/C(C)=C\C=C(/C)c1ccc(-c2ccccc2)cc1. The molecule has 2 rings (SSSR count). The third-order valence-corrected chi connectivity index (χ3v) is 3.62. The fourth-order valence-corrected chi connectivity index (χ4v) is 2.04. The Kier molecular flexibility index (Phi) is 12.2. The van der Waals surface area contributed by atoms with E-state index in [2.05, 4.69) is 81.5 Å². The van der Waals surface area contributed by atoms with Crippen LogP contribution in [0.5, 0.6) is 0 Å². The van der Waals surface area contributed by atoms with Gasteiger partial charge in [0.05, 0.1) is 0 Å². The van der Waals surface area contributed by atoms with Gasteiger partial charge >= 0.3 is 0 Å². The third kappa shape index (κ3) is 7.46. The van der Waals surface area contributed by atoms with Gasteiger partial charge in [0.1, 0.15) is 0 Å². The maximum atomic E-state index is 2.21. The predicted octanol–water partition coefficient (Wildman–Crippen LogP) is 8.17. The van der Waals surface area contributed by atoms with E-state index in [0.29, 0.717) is 0 Å². The van der Waals surface area contributed by atoms with E-state index in [1.54, 1.807) is 0 Å². The summed E-state index contributed by atoms with van der Waals surface area (Å²) in [5, 5.41) is 0. The molecule has 0 heteroatoms. The summed E-state index contributed by atoms with van der Waals surface area (Å²) >= 11 is 0. The minimum atomic E-state index is 1.11. The number of hydrogen-bond donors (Lipinski definition) is 0. The second-order valence-corrected chi connectivity index (χ2v) is 5.16. The summed E-state index contributed by atoms with van der Waals surface area (Å²) < 4.78 is 0. The maximum absolute atomic E-state index is 2.21. The zero-order valence-corrected chi connectivity index (χ0v) is 16.6. The van der Waals surface area contributed by atoms with Gasteiger partial charge in [-0.2, -0.15) is 0 Å². The Bertz CT molecular complexity index is 598. The second kappa shape index (κ2) is 13.4. The minimum Gasteiger partial charge on any atom is -0.0736 e. The lowest BCUT2D eigenvalue weighted by Gasteiger charge is -2.05. The molecule has 0 saturated carbocycles. The molecule has 0 saturated heterocycles. The molecule has 0 aromatic heterocycles. The first-order valence-electron chi connectivity index (χ1n) is 9.20. The van der Waals surface area contributed by atoms with Crippen LogP contribution in [-0.2, 0) is 0 Å². The third-order valence-electron chi connectivity index (χ3n) is 3.62. The molecule has 0 heterocycles. The first-order chi connectivity index (χ1) is 11.7. The summed E-state index contributed by atoms with van der Waals surface area (Å²) in [4.78, 5) is 0. The van der Waals surface area contributed by atoms with Gasteiger partial charge in [-0.15, -0.1) is 0 Å². The van der Waals surface area contributed by atoms with E-state index in [1.807, 2.05) is 33.8 Å². The van der Waals surface area contributed by atoms with Gasteiger partial charge in [-0.3, -0.25) is 0 Å². The Hall–Kier alpha value is -2.08. The van der Waals surface area contributed by atoms with Crippen LogP contribution in [0, 0.1) is 0 Å². The molecule has 0 atom stereocenters. The van der Waals surface area contributed by atoms with Crippen molar-refractivity contribution in [3.63, 3.8) is 0 Å². The van der Waals surface area contributed by atoms with Crippen molar-refractivity contribution in [2.24, 2.45) is 0 Å². The highest BCUT2D eigenvalue weighted by atomic mass is 14.0. The Balaban J connectivity index is 0.00000123. The average molecular weight is 323 g/mol. The van der Waals surface area contributed by atoms with Crippen LogP contribution in [-0.4, -0.2) is 0 Å². The molecule has 0 aliphatic rings. The Morgan fingerprint density at radius 1 is 0.708 bits per heavy atom. The van der Waals surface area contributed by atoms with Crippen LogP contribution >= 0.6 is 0 Å². The van der Waals surface area contributed by atoms with Crippen LogP contribution in [0.1, 0.15) is 60.5 Å². The van der Waals surface area contributed by atoms with Crippen LogP contribution in [0.15, 0.2) is 72.3 Å². The molecular formula is C24H34. The van der Waals surface area contributed by atoms with Crippen LogP contribution in [0.4, 0.5) is 0 Å². The maximum Gasteiger partial charge on any atom is -0.0184 e. The highest BCUT2D eigenvalue weighted by Gasteiger charge is 1.98. The van der Waals surface area contributed by atoms with Gasteiger partial charge in [-0.1, -0.05) is 107 Å². The quantitative estimate of drug-likeness (QED) is 0.498. The molecule has 0 nitrogen and oxygen atoms in total. The normalized spacial score (nSPS) is 11.0. The lowest BCUT2D eigenvalue weighted by atomic mass is 10.0. The van der Waals surface area contributed by atoms with Crippen molar-refractivity contribution in [2.75, 3.05) is 0 Å². The molecule has 0 amide bonds. The lowest BCUT2D eigenvalue weighted by molar-refractivity contribution is 1.10. The number of rotatable bonds is 4. The molecular weight excluding hydrogens is 288 g/mol. The number of hydrogen-bond acceptors (Lipinski definition) is 0. The van der Waals surface area contributed by atoms with Crippen molar-refractivity contribution in [1.82, 2.24) is 0 Å².